The van der Waals surface area contributed by atoms with Gasteiger partial charge in [-0.25, -0.2) is 0 Å². The van der Waals surface area contributed by atoms with Crippen LogP contribution in [0.1, 0.15) is 78.1 Å². The smallest absolute Gasteiger partial charge is 0.0621 e. The summed E-state index contributed by atoms with van der Waals surface area (Å²) in [4.78, 5) is 2.66. The van der Waals surface area contributed by atoms with Gasteiger partial charge < -0.3 is 15.1 Å². The molecule has 0 aromatic carbocycles. The summed E-state index contributed by atoms with van der Waals surface area (Å²) in [5.41, 5.74) is 1.78. The van der Waals surface area contributed by atoms with Crippen molar-refractivity contribution >= 4 is 0 Å². The van der Waals surface area contributed by atoms with Gasteiger partial charge in [-0.15, -0.1) is 0 Å². The zero-order valence-corrected chi connectivity index (χ0v) is 17.6. The molecule has 1 saturated heterocycles. The van der Waals surface area contributed by atoms with E-state index >= 15 is 0 Å². The van der Waals surface area contributed by atoms with Gasteiger partial charge in [0.2, 0.25) is 0 Å². The maximum Gasteiger partial charge on any atom is 0.0621 e. The van der Waals surface area contributed by atoms with Crippen LogP contribution in [0, 0.1) is 28.6 Å². The highest BCUT2D eigenvalue weighted by molar-refractivity contribution is 5.20. The number of aliphatic hydroxyl groups is 2. The Bertz CT molecular complexity index is 557. The summed E-state index contributed by atoms with van der Waals surface area (Å²) in [5, 5.41) is 21.1. The Morgan fingerprint density at radius 2 is 1.78 bits per heavy atom. The molecule has 4 aliphatic rings. The largest absolute Gasteiger partial charge is 0.393 e. The first-order valence-corrected chi connectivity index (χ1v) is 11.6. The summed E-state index contributed by atoms with van der Waals surface area (Å²) in [6, 6.07) is 0. The standard InChI is InChI=1S/C24H41NO2/c1-17-6-7-20-19(10-15-25-13-4-5-14-25)21(9-12-23(17,20)2)24(3)11-8-18(26)16-22(24)27/h18-22,26-27H,1,4-16H2,2-3H3/t18-,19?,20?,21?,22-,23+,24+/m0/s1. The Kier molecular flexibility index (Phi) is 5.50. The van der Waals surface area contributed by atoms with E-state index in [1.54, 1.807) is 0 Å². The number of allylic oxidation sites excluding steroid dienone is 1. The van der Waals surface area contributed by atoms with Gasteiger partial charge in [0, 0.05) is 0 Å². The fraction of sp³-hybridized carbons (Fsp3) is 0.917. The molecule has 4 fully saturated rings. The Balaban J connectivity index is 1.57. The predicted octanol–water partition coefficient (Wildman–Crippen LogP) is 4.38. The van der Waals surface area contributed by atoms with Gasteiger partial charge in [0.05, 0.1) is 12.2 Å². The van der Waals surface area contributed by atoms with Crippen molar-refractivity contribution in [3.63, 3.8) is 0 Å². The molecule has 2 N–H and O–H groups in total. The van der Waals surface area contributed by atoms with Gasteiger partial charge >= 0.3 is 0 Å². The van der Waals surface area contributed by atoms with Crippen LogP contribution in [0.3, 0.4) is 0 Å². The lowest BCUT2D eigenvalue weighted by Crippen LogP contribution is -2.52. The van der Waals surface area contributed by atoms with Gasteiger partial charge in [-0.2, -0.15) is 0 Å². The predicted molar refractivity (Wildman–Crippen MR) is 110 cm³/mol. The molecular formula is C24H41NO2. The van der Waals surface area contributed by atoms with Crippen molar-refractivity contribution in [3.05, 3.63) is 12.2 Å². The molecule has 0 radical (unpaired) electrons. The van der Waals surface area contributed by atoms with Crippen LogP contribution in [-0.4, -0.2) is 47.0 Å². The highest BCUT2D eigenvalue weighted by Gasteiger charge is 2.56. The van der Waals surface area contributed by atoms with Crippen LogP contribution >= 0.6 is 0 Å². The van der Waals surface area contributed by atoms with E-state index in [1.165, 1.54) is 70.2 Å². The molecule has 0 amide bonds. The Hall–Kier alpha value is -0.380. The summed E-state index contributed by atoms with van der Waals surface area (Å²) >= 11 is 0. The van der Waals surface area contributed by atoms with E-state index in [1.807, 2.05) is 0 Å². The number of aliphatic hydroxyl groups excluding tert-OH is 2. The molecule has 4 rings (SSSR count). The quantitative estimate of drug-likeness (QED) is 0.717. The van der Waals surface area contributed by atoms with Crippen LogP contribution in [0.25, 0.3) is 0 Å². The van der Waals surface area contributed by atoms with Crippen molar-refractivity contribution < 1.29 is 10.2 Å². The fourth-order valence-electron chi connectivity index (χ4n) is 7.48. The Labute approximate surface area is 166 Å². The molecule has 3 aliphatic carbocycles. The molecule has 7 atom stereocenters. The number of rotatable bonds is 4. The van der Waals surface area contributed by atoms with Crippen molar-refractivity contribution in [2.45, 2.75) is 90.3 Å². The zero-order chi connectivity index (χ0) is 19.2. The van der Waals surface area contributed by atoms with Crippen LogP contribution in [0.4, 0.5) is 0 Å². The fourth-order valence-corrected chi connectivity index (χ4v) is 7.48. The summed E-state index contributed by atoms with van der Waals surface area (Å²) in [6.45, 7) is 13.1. The van der Waals surface area contributed by atoms with Crippen LogP contribution in [0.2, 0.25) is 0 Å². The minimum absolute atomic E-state index is 0.0276. The molecule has 0 aromatic heterocycles. The number of hydrogen-bond donors (Lipinski definition) is 2. The molecule has 3 heteroatoms. The molecule has 3 saturated carbocycles. The minimum Gasteiger partial charge on any atom is -0.393 e. The highest BCUT2D eigenvalue weighted by atomic mass is 16.3. The molecule has 0 spiro atoms. The zero-order valence-electron chi connectivity index (χ0n) is 17.6. The second kappa shape index (κ2) is 7.46. The summed E-state index contributed by atoms with van der Waals surface area (Å²) in [7, 11) is 0. The summed E-state index contributed by atoms with van der Waals surface area (Å²) < 4.78 is 0. The maximum absolute atomic E-state index is 11.0. The van der Waals surface area contributed by atoms with Gasteiger partial charge in [-0.05, 0) is 112 Å². The maximum atomic E-state index is 11.0. The van der Waals surface area contributed by atoms with E-state index in [9.17, 15) is 10.2 Å². The van der Waals surface area contributed by atoms with Crippen molar-refractivity contribution in [3.8, 4) is 0 Å². The summed E-state index contributed by atoms with van der Waals surface area (Å²) in [6.07, 6.45) is 10.7. The molecule has 27 heavy (non-hydrogen) atoms. The number of nitrogens with zero attached hydrogens (tertiary/aromatic N) is 1. The third kappa shape index (κ3) is 3.42. The highest BCUT2D eigenvalue weighted by Crippen LogP contribution is 2.63. The normalized spacial score (nSPS) is 48.7. The topological polar surface area (TPSA) is 43.7 Å². The van der Waals surface area contributed by atoms with Gasteiger partial charge in [0.1, 0.15) is 0 Å². The van der Waals surface area contributed by atoms with Crippen molar-refractivity contribution in [1.82, 2.24) is 4.90 Å². The van der Waals surface area contributed by atoms with E-state index in [2.05, 4.69) is 25.3 Å². The first kappa shape index (κ1) is 19.9. The second-order valence-corrected chi connectivity index (χ2v) is 10.8. The first-order valence-electron chi connectivity index (χ1n) is 11.6. The first-order chi connectivity index (χ1) is 12.8. The van der Waals surface area contributed by atoms with E-state index in [0.29, 0.717) is 23.7 Å². The molecule has 3 unspecified atom stereocenters. The molecule has 154 valence electrons. The lowest BCUT2D eigenvalue weighted by Gasteiger charge is -2.56. The molecule has 0 bridgehead atoms. The van der Waals surface area contributed by atoms with E-state index in [4.69, 9.17) is 0 Å². The lowest BCUT2D eigenvalue weighted by atomic mass is 9.50. The average Bonchev–Trinajstić information content (AvgIpc) is 3.25. The molecule has 3 nitrogen and oxygen atoms in total. The van der Waals surface area contributed by atoms with Crippen molar-refractivity contribution in [1.29, 1.82) is 0 Å². The van der Waals surface area contributed by atoms with Crippen LogP contribution in [0.15, 0.2) is 12.2 Å². The van der Waals surface area contributed by atoms with Gasteiger partial charge in [0.15, 0.2) is 0 Å². The van der Waals surface area contributed by atoms with Crippen molar-refractivity contribution in [2.24, 2.45) is 28.6 Å². The average molecular weight is 376 g/mol. The van der Waals surface area contributed by atoms with Gasteiger partial charge in [-0.3, -0.25) is 0 Å². The number of hydrogen-bond acceptors (Lipinski definition) is 3. The van der Waals surface area contributed by atoms with Crippen LogP contribution in [0.5, 0.6) is 0 Å². The van der Waals surface area contributed by atoms with E-state index < -0.39 is 0 Å². The van der Waals surface area contributed by atoms with Crippen LogP contribution in [-0.2, 0) is 0 Å². The van der Waals surface area contributed by atoms with Crippen LogP contribution < -0.4 is 0 Å². The molecule has 0 aromatic rings. The van der Waals surface area contributed by atoms with E-state index in [-0.39, 0.29) is 17.6 Å². The lowest BCUT2D eigenvalue weighted by molar-refractivity contribution is -0.121. The number of likely N-dealkylation sites (tertiary alicyclic amines) is 1. The Morgan fingerprint density at radius 1 is 1.04 bits per heavy atom. The molecular weight excluding hydrogens is 334 g/mol. The SMILES string of the molecule is C=C1CCC2C(CCN3CCCC3)C([C@@]3(C)CC[C@H](O)C[C@@H]3O)CC[C@]12C. The molecule has 1 heterocycles. The van der Waals surface area contributed by atoms with Gasteiger partial charge in [0.25, 0.3) is 0 Å². The third-order valence-electron chi connectivity index (χ3n) is 9.49. The number of fused-ring (bicyclic) bond motifs is 1. The minimum atomic E-state index is -0.352. The third-order valence-corrected chi connectivity index (χ3v) is 9.49. The molecule has 1 aliphatic heterocycles. The summed E-state index contributed by atoms with van der Waals surface area (Å²) in [5.74, 6) is 2.02. The monoisotopic (exact) mass is 375 g/mol. The Morgan fingerprint density at radius 3 is 2.48 bits per heavy atom. The van der Waals surface area contributed by atoms with Gasteiger partial charge in [-0.1, -0.05) is 26.0 Å². The van der Waals surface area contributed by atoms with E-state index in [0.717, 1.165) is 18.8 Å². The second-order valence-electron chi connectivity index (χ2n) is 10.8. The van der Waals surface area contributed by atoms with Crippen molar-refractivity contribution in [2.75, 3.05) is 19.6 Å².